The van der Waals surface area contributed by atoms with Gasteiger partial charge in [-0.15, -0.1) is 0 Å². The summed E-state index contributed by atoms with van der Waals surface area (Å²) >= 11 is 0. The van der Waals surface area contributed by atoms with Gasteiger partial charge < -0.3 is 14.6 Å². The summed E-state index contributed by atoms with van der Waals surface area (Å²) in [4.78, 5) is 23.4. The normalized spacial score (nSPS) is 11.3. The second kappa shape index (κ2) is 10.5. The molecule has 3 aromatic carbocycles. The largest absolute Gasteiger partial charge is 0.493 e. The van der Waals surface area contributed by atoms with Crippen LogP contribution in [0.15, 0.2) is 71.8 Å². The van der Waals surface area contributed by atoms with E-state index < -0.39 is 23.6 Å². The van der Waals surface area contributed by atoms with Crippen LogP contribution in [0.4, 0.5) is 13.2 Å². The number of carbonyl (C=O) groups is 2. The Morgan fingerprint density at radius 2 is 1.74 bits per heavy atom. The lowest BCUT2D eigenvalue weighted by Gasteiger charge is -2.13. The van der Waals surface area contributed by atoms with E-state index in [0.717, 1.165) is 18.2 Å². The zero-order valence-corrected chi connectivity index (χ0v) is 17.8. The molecule has 7 nitrogen and oxygen atoms in total. The first-order chi connectivity index (χ1) is 16.2. The van der Waals surface area contributed by atoms with E-state index in [2.05, 4.69) is 10.5 Å². The van der Waals surface area contributed by atoms with Gasteiger partial charge in [0.25, 0.3) is 5.91 Å². The average molecular weight is 472 g/mol. The van der Waals surface area contributed by atoms with E-state index in [0.29, 0.717) is 16.9 Å². The number of hydrazone groups is 1. The molecule has 0 bridgehead atoms. The van der Waals surface area contributed by atoms with Gasteiger partial charge in [0, 0.05) is 11.1 Å². The number of methoxy groups -OCH3 is 1. The third kappa shape index (κ3) is 6.12. The molecule has 2 N–H and O–H groups in total. The Hall–Kier alpha value is -4.34. The summed E-state index contributed by atoms with van der Waals surface area (Å²) in [5.41, 5.74) is 2.17. The minimum atomic E-state index is -4.57. The fraction of sp³-hybridized carbons (Fsp3) is 0.125. The van der Waals surface area contributed by atoms with Crippen molar-refractivity contribution in [2.45, 2.75) is 12.8 Å². The van der Waals surface area contributed by atoms with Crippen LogP contribution in [0.2, 0.25) is 0 Å². The molecule has 0 aliphatic rings. The van der Waals surface area contributed by atoms with E-state index in [1.54, 1.807) is 30.3 Å². The third-order valence-corrected chi connectivity index (χ3v) is 4.61. The number of benzene rings is 3. The van der Waals surface area contributed by atoms with E-state index in [-0.39, 0.29) is 23.5 Å². The fourth-order valence-corrected chi connectivity index (χ4v) is 2.96. The van der Waals surface area contributed by atoms with Crippen molar-refractivity contribution in [1.29, 1.82) is 0 Å². The standard InChI is InChI=1S/C24H19F3N2O5/c1-33-20-10-4-8-18(21(20)34-14-15-5-2-7-17(11-15)23(31)32)13-28-29-22(30)16-6-3-9-19(12-16)24(25,26)27/h2-13H,14H2,1H3,(H,29,30)(H,31,32)/b28-13-. The first-order valence-electron chi connectivity index (χ1n) is 9.81. The number of nitrogens with one attached hydrogen (secondary N) is 1. The molecule has 0 spiro atoms. The van der Waals surface area contributed by atoms with Crippen molar-refractivity contribution in [3.63, 3.8) is 0 Å². The molecule has 1 amide bonds. The Balaban J connectivity index is 1.75. The van der Waals surface area contributed by atoms with Gasteiger partial charge in [-0.2, -0.15) is 18.3 Å². The van der Waals surface area contributed by atoms with Crippen LogP contribution in [-0.2, 0) is 12.8 Å². The van der Waals surface area contributed by atoms with Crippen LogP contribution in [-0.4, -0.2) is 30.3 Å². The molecule has 0 aliphatic carbocycles. The second-order valence-corrected chi connectivity index (χ2v) is 6.95. The summed E-state index contributed by atoms with van der Waals surface area (Å²) in [5.74, 6) is -1.24. The molecule has 0 fully saturated rings. The summed E-state index contributed by atoms with van der Waals surface area (Å²) in [6, 6.07) is 15.1. The summed E-state index contributed by atoms with van der Waals surface area (Å²) < 4.78 is 49.7. The van der Waals surface area contributed by atoms with Crippen LogP contribution >= 0.6 is 0 Å². The molecular formula is C24H19F3N2O5. The van der Waals surface area contributed by atoms with Gasteiger partial charge in [-0.3, -0.25) is 4.79 Å². The van der Waals surface area contributed by atoms with Gasteiger partial charge in [0.2, 0.25) is 0 Å². The van der Waals surface area contributed by atoms with Crippen molar-refractivity contribution in [3.8, 4) is 11.5 Å². The first-order valence-corrected chi connectivity index (χ1v) is 9.81. The summed E-state index contributed by atoms with van der Waals surface area (Å²) in [6.45, 7) is 0.0267. The molecular weight excluding hydrogens is 453 g/mol. The number of hydrogen-bond acceptors (Lipinski definition) is 5. The molecule has 3 rings (SSSR count). The monoisotopic (exact) mass is 472 g/mol. The smallest absolute Gasteiger partial charge is 0.416 e. The van der Waals surface area contributed by atoms with Gasteiger partial charge in [0.15, 0.2) is 11.5 Å². The van der Waals surface area contributed by atoms with E-state index >= 15 is 0 Å². The number of nitrogens with zero attached hydrogens (tertiary/aromatic N) is 1. The number of hydrogen-bond donors (Lipinski definition) is 2. The number of carboxylic acids is 1. The van der Waals surface area contributed by atoms with Gasteiger partial charge >= 0.3 is 12.1 Å². The highest BCUT2D eigenvalue weighted by molar-refractivity contribution is 5.95. The molecule has 0 radical (unpaired) electrons. The average Bonchev–Trinajstić information content (AvgIpc) is 2.82. The Morgan fingerprint density at radius 3 is 2.44 bits per heavy atom. The van der Waals surface area contributed by atoms with Crippen LogP contribution in [0.25, 0.3) is 0 Å². The van der Waals surface area contributed by atoms with Crippen molar-refractivity contribution in [2.75, 3.05) is 7.11 Å². The number of para-hydroxylation sites is 1. The number of amides is 1. The Labute approximate surface area is 192 Å². The van der Waals surface area contributed by atoms with Crippen LogP contribution in [0, 0.1) is 0 Å². The number of rotatable bonds is 8. The zero-order chi connectivity index (χ0) is 24.7. The molecule has 0 atom stereocenters. The molecule has 3 aromatic rings. The lowest BCUT2D eigenvalue weighted by atomic mass is 10.1. The highest BCUT2D eigenvalue weighted by atomic mass is 19.4. The molecule has 176 valence electrons. The number of carbonyl (C=O) groups excluding carboxylic acids is 1. The van der Waals surface area contributed by atoms with Gasteiger partial charge in [-0.05, 0) is 48.0 Å². The van der Waals surface area contributed by atoms with Crippen LogP contribution < -0.4 is 14.9 Å². The van der Waals surface area contributed by atoms with Crippen LogP contribution in [0.3, 0.4) is 0 Å². The minimum absolute atomic E-state index is 0.0267. The highest BCUT2D eigenvalue weighted by Crippen LogP contribution is 2.31. The molecule has 0 saturated carbocycles. The topological polar surface area (TPSA) is 97.2 Å². The van der Waals surface area contributed by atoms with Gasteiger partial charge in [-0.25, -0.2) is 10.2 Å². The Kier molecular flexibility index (Phi) is 7.52. The Bertz CT molecular complexity index is 1230. The predicted molar refractivity (Wildman–Crippen MR) is 117 cm³/mol. The Morgan fingerprint density at radius 1 is 1.03 bits per heavy atom. The predicted octanol–water partition coefficient (Wildman–Crippen LogP) is 4.76. The molecule has 0 heterocycles. The number of alkyl halides is 3. The molecule has 0 aliphatic heterocycles. The quantitative estimate of drug-likeness (QED) is 0.364. The maximum absolute atomic E-state index is 12.9. The molecule has 34 heavy (non-hydrogen) atoms. The molecule has 0 saturated heterocycles. The number of ether oxygens (including phenoxy) is 2. The summed E-state index contributed by atoms with van der Waals surface area (Å²) in [5, 5.41) is 13.0. The van der Waals surface area contributed by atoms with Crippen molar-refractivity contribution in [3.05, 3.63) is 94.5 Å². The lowest BCUT2D eigenvalue weighted by molar-refractivity contribution is -0.137. The molecule has 10 heteroatoms. The zero-order valence-electron chi connectivity index (χ0n) is 17.8. The maximum atomic E-state index is 12.9. The fourth-order valence-electron chi connectivity index (χ4n) is 2.96. The summed E-state index contributed by atoms with van der Waals surface area (Å²) in [6.07, 6.45) is -3.31. The lowest BCUT2D eigenvalue weighted by Crippen LogP contribution is -2.18. The molecule has 0 aromatic heterocycles. The second-order valence-electron chi connectivity index (χ2n) is 6.95. The van der Waals surface area contributed by atoms with Crippen LogP contribution in [0.5, 0.6) is 11.5 Å². The molecule has 0 unspecified atom stereocenters. The van der Waals surface area contributed by atoms with Gasteiger partial charge in [-0.1, -0.05) is 24.3 Å². The SMILES string of the molecule is COc1cccc(/C=N\NC(=O)c2cccc(C(F)(F)F)c2)c1OCc1cccc(C(=O)O)c1. The van der Waals surface area contributed by atoms with E-state index in [9.17, 15) is 22.8 Å². The van der Waals surface area contributed by atoms with E-state index in [4.69, 9.17) is 14.6 Å². The summed E-state index contributed by atoms with van der Waals surface area (Å²) in [7, 11) is 1.43. The number of aromatic carboxylic acids is 1. The van der Waals surface area contributed by atoms with Gasteiger partial charge in [0.05, 0.1) is 24.5 Å². The van der Waals surface area contributed by atoms with Crippen LogP contribution in [0.1, 0.15) is 37.4 Å². The van der Waals surface area contributed by atoms with Crippen molar-refractivity contribution in [1.82, 2.24) is 5.43 Å². The van der Waals surface area contributed by atoms with Gasteiger partial charge in [0.1, 0.15) is 6.61 Å². The number of halogens is 3. The van der Waals surface area contributed by atoms with E-state index in [1.165, 1.54) is 31.5 Å². The van der Waals surface area contributed by atoms with Crippen molar-refractivity contribution in [2.24, 2.45) is 5.10 Å². The first kappa shape index (κ1) is 24.3. The minimum Gasteiger partial charge on any atom is -0.493 e. The van der Waals surface area contributed by atoms with E-state index in [1.807, 2.05) is 0 Å². The van der Waals surface area contributed by atoms with Crippen molar-refractivity contribution < 1.29 is 37.3 Å². The third-order valence-electron chi connectivity index (χ3n) is 4.61. The maximum Gasteiger partial charge on any atom is 0.416 e. The van der Waals surface area contributed by atoms with Crippen molar-refractivity contribution >= 4 is 18.1 Å². The highest BCUT2D eigenvalue weighted by Gasteiger charge is 2.30. The number of carboxylic acid groups (broad SMARTS) is 1.